The number of hydrogen-bond acceptors (Lipinski definition) is 3. The Bertz CT molecular complexity index is 289. The van der Waals surface area contributed by atoms with Gasteiger partial charge < -0.3 is 15.2 Å². The first-order valence-corrected chi connectivity index (χ1v) is 5.32. The normalized spacial score (nSPS) is 12.7. The molecule has 84 valence electrons. The quantitative estimate of drug-likeness (QED) is 0.731. The van der Waals surface area contributed by atoms with Gasteiger partial charge in [0.15, 0.2) is 0 Å². The van der Waals surface area contributed by atoms with Gasteiger partial charge in [0, 0.05) is 18.9 Å². The molecule has 0 radical (unpaired) electrons. The van der Waals surface area contributed by atoms with Gasteiger partial charge in [0.25, 0.3) is 0 Å². The smallest absolute Gasteiger partial charge is 0.106 e. The van der Waals surface area contributed by atoms with Crippen LogP contribution < -0.4 is 5.73 Å². The molecule has 3 nitrogen and oxygen atoms in total. The average Bonchev–Trinajstić information content (AvgIpc) is 2.24. The van der Waals surface area contributed by atoms with Gasteiger partial charge >= 0.3 is 0 Å². The molecule has 0 aromatic heterocycles. The minimum atomic E-state index is -0.0153. The number of nitrogens with two attached hydrogens (primary N) is 1. The Morgan fingerprint density at radius 3 is 2.67 bits per heavy atom. The Labute approximate surface area is 91.2 Å². The molecule has 1 aromatic rings. The topological polar surface area (TPSA) is 44.5 Å². The molecule has 0 aliphatic carbocycles. The molecule has 0 fully saturated rings. The van der Waals surface area contributed by atoms with Gasteiger partial charge in [0.1, 0.15) is 6.10 Å². The largest absolute Gasteiger partial charge is 0.399 e. The second-order valence-electron chi connectivity index (χ2n) is 3.27. The van der Waals surface area contributed by atoms with Crippen molar-refractivity contribution < 1.29 is 9.47 Å². The van der Waals surface area contributed by atoms with Gasteiger partial charge in [-0.3, -0.25) is 0 Å². The van der Waals surface area contributed by atoms with Crippen molar-refractivity contribution in [3.05, 3.63) is 29.8 Å². The van der Waals surface area contributed by atoms with Gasteiger partial charge in [-0.05, 0) is 31.5 Å². The number of hydrogen-bond donors (Lipinski definition) is 1. The van der Waals surface area contributed by atoms with Crippen molar-refractivity contribution in [1.29, 1.82) is 0 Å². The zero-order valence-electron chi connectivity index (χ0n) is 9.40. The van der Waals surface area contributed by atoms with E-state index in [0.29, 0.717) is 19.8 Å². The molecular formula is C12H19NO2. The Hall–Kier alpha value is -1.06. The number of anilines is 1. The first kappa shape index (κ1) is 12.0. The van der Waals surface area contributed by atoms with Gasteiger partial charge in [0.2, 0.25) is 0 Å². The fraction of sp³-hybridized carbons (Fsp3) is 0.500. The van der Waals surface area contributed by atoms with E-state index in [1.165, 1.54) is 0 Å². The molecule has 2 N–H and O–H groups in total. The van der Waals surface area contributed by atoms with E-state index in [1.807, 2.05) is 38.1 Å². The second kappa shape index (κ2) is 6.43. The molecule has 0 aliphatic rings. The third kappa shape index (κ3) is 3.90. The number of benzene rings is 1. The molecule has 0 saturated heterocycles. The van der Waals surface area contributed by atoms with Crippen molar-refractivity contribution in [2.45, 2.75) is 20.0 Å². The van der Waals surface area contributed by atoms with Crippen molar-refractivity contribution in [3.63, 3.8) is 0 Å². The van der Waals surface area contributed by atoms with Crippen LogP contribution in [0.4, 0.5) is 5.69 Å². The Kier molecular flexibility index (Phi) is 5.15. The molecule has 0 heterocycles. The number of rotatable bonds is 6. The summed E-state index contributed by atoms with van der Waals surface area (Å²) >= 11 is 0. The summed E-state index contributed by atoms with van der Waals surface area (Å²) in [5.74, 6) is 0. The van der Waals surface area contributed by atoms with E-state index in [2.05, 4.69) is 0 Å². The fourth-order valence-corrected chi connectivity index (χ4v) is 1.43. The van der Waals surface area contributed by atoms with E-state index in [1.54, 1.807) is 0 Å². The molecule has 0 amide bonds. The number of ether oxygens (including phenoxy) is 2. The van der Waals surface area contributed by atoms with Gasteiger partial charge in [-0.2, -0.15) is 0 Å². The summed E-state index contributed by atoms with van der Waals surface area (Å²) in [6.45, 7) is 5.90. The van der Waals surface area contributed by atoms with E-state index < -0.39 is 0 Å². The fourth-order valence-electron chi connectivity index (χ4n) is 1.43. The van der Waals surface area contributed by atoms with E-state index in [-0.39, 0.29) is 6.10 Å². The molecule has 3 heteroatoms. The molecule has 1 rings (SSSR count). The van der Waals surface area contributed by atoms with E-state index in [4.69, 9.17) is 15.2 Å². The summed E-state index contributed by atoms with van der Waals surface area (Å²) < 4.78 is 11.0. The van der Waals surface area contributed by atoms with E-state index >= 15 is 0 Å². The summed E-state index contributed by atoms with van der Waals surface area (Å²) in [5.41, 5.74) is 7.56. The predicted octanol–water partition coefficient (Wildman–Crippen LogP) is 2.38. The predicted molar refractivity (Wildman–Crippen MR) is 61.7 cm³/mol. The van der Waals surface area contributed by atoms with Crippen LogP contribution in [0.5, 0.6) is 0 Å². The highest BCUT2D eigenvalue weighted by Crippen LogP contribution is 2.19. The van der Waals surface area contributed by atoms with Crippen LogP contribution in [0, 0.1) is 0 Å². The van der Waals surface area contributed by atoms with E-state index in [0.717, 1.165) is 11.3 Å². The molecular weight excluding hydrogens is 190 g/mol. The second-order valence-corrected chi connectivity index (χ2v) is 3.27. The first-order valence-electron chi connectivity index (χ1n) is 5.32. The monoisotopic (exact) mass is 209 g/mol. The van der Waals surface area contributed by atoms with Crippen molar-refractivity contribution in [3.8, 4) is 0 Å². The summed E-state index contributed by atoms with van der Waals surface area (Å²) in [6, 6.07) is 7.74. The van der Waals surface area contributed by atoms with Crippen LogP contribution >= 0.6 is 0 Å². The molecule has 0 saturated carbocycles. The average molecular weight is 209 g/mol. The lowest BCUT2D eigenvalue weighted by molar-refractivity contribution is -0.00971. The van der Waals surface area contributed by atoms with Crippen LogP contribution in [0.15, 0.2) is 24.3 Å². The maximum Gasteiger partial charge on any atom is 0.106 e. The van der Waals surface area contributed by atoms with Crippen LogP contribution in [0.2, 0.25) is 0 Å². The molecule has 1 unspecified atom stereocenters. The molecule has 1 aromatic carbocycles. The summed E-state index contributed by atoms with van der Waals surface area (Å²) in [4.78, 5) is 0. The standard InChI is InChI=1S/C12H19NO2/c1-3-14-9-12(15-4-2)10-6-5-7-11(13)8-10/h5-8,12H,3-4,9,13H2,1-2H3. The van der Waals surface area contributed by atoms with E-state index in [9.17, 15) is 0 Å². The lowest BCUT2D eigenvalue weighted by Gasteiger charge is -2.17. The highest BCUT2D eigenvalue weighted by atomic mass is 16.5. The summed E-state index contributed by atoms with van der Waals surface area (Å²) in [6.07, 6.45) is -0.0153. The van der Waals surface area contributed by atoms with Gasteiger partial charge in [-0.25, -0.2) is 0 Å². The Morgan fingerprint density at radius 2 is 2.07 bits per heavy atom. The Balaban J connectivity index is 2.69. The lowest BCUT2D eigenvalue weighted by atomic mass is 10.1. The Morgan fingerprint density at radius 1 is 1.27 bits per heavy atom. The molecule has 1 atom stereocenters. The van der Waals surface area contributed by atoms with Crippen LogP contribution in [-0.2, 0) is 9.47 Å². The zero-order chi connectivity index (χ0) is 11.1. The maximum atomic E-state index is 5.72. The minimum absolute atomic E-state index is 0.0153. The van der Waals surface area contributed by atoms with Gasteiger partial charge in [0.05, 0.1) is 6.61 Å². The minimum Gasteiger partial charge on any atom is -0.399 e. The van der Waals surface area contributed by atoms with Gasteiger partial charge in [-0.1, -0.05) is 12.1 Å². The van der Waals surface area contributed by atoms with Crippen LogP contribution in [0.3, 0.4) is 0 Å². The number of nitrogen functional groups attached to an aromatic ring is 1. The highest BCUT2D eigenvalue weighted by Gasteiger charge is 2.11. The van der Waals surface area contributed by atoms with Crippen molar-refractivity contribution in [1.82, 2.24) is 0 Å². The lowest BCUT2D eigenvalue weighted by Crippen LogP contribution is -2.12. The van der Waals surface area contributed by atoms with Gasteiger partial charge in [-0.15, -0.1) is 0 Å². The van der Waals surface area contributed by atoms with Crippen LogP contribution in [0.25, 0.3) is 0 Å². The van der Waals surface area contributed by atoms with Crippen LogP contribution in [0.1, 0.15) is 25.5 Å². The third-order valence-electron chi connectivity index (χ3n) is 2.12. The molecule has 15 heavy (non-hydrogen) atoms. The van der Waals surface area contributed by atoms with Crippen LogP contribution in [-0.4, -0.2) is 19.8 Å². The SMILES string of the molecule is CCOCC(OCC)c1cccc(N)c1. The van der Waals surface area contributed by atoms with Crippen molar-refractivity contribution in [2.75, 3.05) is 25.6 Å². The van der Waals surface area contributed by atoms with Crippen molar-refractivity contribution in [2.24, 2.45) is 0 Å². The van der Waals surface area contributed by atoms with Crippen molar-refractivity contribution >= 4 is 5.69 Å². The molecule has 0 spiro atoms. The maximum absolute atomic E-state index is 5.72. The third-order valence-corrected chi connectivity index (χ3v) is 2.12. The summed E-state index contributed by atoms with van der Waals surface area (Å²) in [5, 5.41) is 0. The first-order chi connectivity index (χ1) is 7.27. The zero-order valence-corrected chi connectivity index (χ0v) is 9.40. The summed E-state index contributed by atoms with van der Waals surface area (Å²) in [7, 11) is 0. The molecule has 0 aliphatic heterocycles. The molecule has 0 bridgehead atoms. The highest BCUT2D eigenvalue weighted by molar-refractivity contribution is 5.41.